The Morgan fingerprint density at radius 1 is 1.26 bits per heavy atom. The Kier molecular flexibility index (Phi) is 5.34. The van der Waals surface area contributed by atoms with Crippen molar-refractivity contribution in [2.45, 2.75) is 63.8 Å². The van der Waals surface area contributed by atoms with Gasteiger partial charge < -0.3 is 5.32 Å². The highest BCUT2D eigenvalue weighted by Crippen LogP contribution is 2.37. The lowest BCUT2D eigenvalue weighted by Gasteiger charge is -2.23. The molecule has 0 radical (unpaired) electrons. The minimum Gasteiger partial charge on any atom is -0.315 e. The fourth-order valence-electron chi connectivity index (χ4n) is 3.82. The van der Waals surface area contributed by atoms with E-state index in [-0.39, 0.29) is 5.91 Å². The molecule has 5 heteroatoms. The molecule has 1 aromatic rings. The number of anilines is 1. The number of likely N-dealkylation sites (N-methyl/N-ethyl adjacent to an activating group) is 1. The lowest BCUT2D eigenvalue weighted by Crippen LogP contribution is -2.36. The molecule has 1 saturated carbocycles. The molecule has 124 valence electrons. The van der Waals surface area contributed by atoms with Crippen molar-refractivity contribution in [3.63, 3.8) is 0 Å². The molecule has 1 N–H and O–H groups in total. The second-order valence-electron chi connectivity index (χ2n) is 6.78. The van der Waals surface area contributed by atoms with Gasteiger partial charge in [-0.3, -0.25) is 9.69 Å². The molecule has 2 aliphatic carbocycles. The molecule has 0 bridgehead atoms. The molecule has 3 rings (SSSR count). The molecule has 1 fully saturated rings. The van der Waals surface area contributed by atoms with E-state index in [4.69, 9.17) is 0 Å². The summed E-state index contributed by atoms with van der Waals surface area (Å²) in [6, 6.07) is 2.87. The normalized spacial score (nSPS) is 18.5. The van der Waals surface area contributed by atoms with Crippen LogP contribution in [0.2, 0.25) is 0 Å². The monoisotopic (exact) mass is 331 g/mol. The molecule has 1 aromatic heterocycles. The molecule has 0 spiro atoms. The lowest BCUT2D eigenvalue weighted by atomic mass is 10.1. The minimum absolute atomic E-state index is 0.00677. The number of amides is 1. The van der Waals surface area contributed by atoms with E-state index in [2.05, 4.69) is 16.3 Å². The van der Waals surface area contributed by atoms with Gasteiger partial charge >= 0.3 is 0 Å². The molecule has 0 atom stereocenters. The highest BCUT2D eigenvalue weighted by atomic mass is 32.1. The fraction of sp³-hybridized carbons (Fsp3) is 0.667. The predicted molar refractivity (Wildman–Crippen MR) is 93.8 cm³/mol. The van der Waals surface area contributed by atoms with Crippen molar-refractivity contribution in [2.75, 3.05) is 18.9 Å². The number of carbonyl (C=O) groups is 1. The maximum Gasteiger partial charge on any atom is 0.239 e. The number of nitriles is 1. The van der Waals surface area contributed by atoms with Crippen LogP contribution in [0.5, 0.6) is 0 Å². The van der Waals surface area contributed by atoms with Gasteiger partial charge in [0.2, 0.25) is 5.91 Å². The van der Waals surface area contributed by atoms with Crippen LogP contribution in [-0.4, -0.2) is 30.4 Å². The number of hydrogen-bond acceptors (Lipinski definition) is 4. The van der Waals surface area contributed by atoms with Crippen LogP contribution in [-0.2, 0) is 17.6 Å². The van der Waals surface area contributed by atoms with Crippen molar-refractivity contribution < 1.29 is 4.79 Å². The Morgan fingerprint density at radius 2 is 2.00 bits per heavy atom. The summed E-state index contributed by atoms with van der Waals surface area (Å²) in [5, 5.41) is 13.3. The van der Waals surface area contributed by atoms with Crippen molar-refractivity contribution in [3.8, 4) is 6.07 Å². The molecule has 4 nitrogen and oxygen atoms in total. The van der Waals surface area contributed by atoms with E-state index in [1.165, 1.54) is 49.0 Å². The van der Waals surface area contributed by atoms with Gasteiger partial charge in [-0.25, -0.2) is 0 Å². The van der Waals surface area contributed by atoms with Crippen molar-refractivity contribution in [1.82, 2.24) is 4.90 Å². The number of thiophene rings is 1. The zero-order valence-electron chi connectivity index (χ0n) is 13.9. The van der Waals surface area contributed by atoms with E-state index in [0.717, 1.165) is 24.3 Å². The third kappa shape index (κ3) is 3.76. The van der Waals surface area contributed by atoms with E-state index < -0.39 is 0 Å². The number of hydrogen-bond donors (Lipinski definition) is 1. The summed E-state index contributed by atoms with van der Waals surface area (Å²) in [5.41, 5.74) is 1.90. The van der Waals surface area contributed by atoms with E-state index in [9.17, 15) is 10.1 Å². The second-order valence-corrected chi connectivity index (χ2v) is 7.89. The van der Waals surface area contributed by atoms with Gasteiger partial charge in [0.25, 0.3) is 0 Å². The molecule has 0 saturated heterocycles. The van der Waals surface area contributed by atoms with Crippen LogP contribution in [0.4, 0.5) is 5.00 Å². The van der Waals surface area contributed by atoms with Crippen molar-refractivity contribution in [2.24, 2.45) is 0 Å². The average Bonchev–Trinajstić information content (AvgIpc) is 3.10. The van der Waals surface area contributed by atoms with Gasteiger partial charge in [-0.05, 0) is 51.1 Å². The molecular formula is C18H25N3OS. The quantitative estimate of drug-likeness (QED) is 0.856. The van der Waals surface area contributed by atoms with Gasteiger partial charge in [0.15, 0.2) is 0 Å². The van der Waals surface area contributed by atoms with Gasteiger partial charge in [-0.2, -0.15) is 5.26 Å². The summed E-state index contributed by atoms with van der Waals surface area (Å²) in [6.07, 6.45) is 10.5. The molecule has 0 unspecified atom stereocenters. The van der Waals surface area contributed by atoms with E-state index in [0.29, 0.717) is 18.2 Å². The number of fused-ring (bicyclic) bond motifs is 1. The van der Waals surface area contributed by atoms with Crippen LogP contribution < -0.4 is 5.32 Å². The predicted octanol–water partition coefficient (Wildman–Crippen LogP) is 3.70. The van der Waals surface area contributed by atoms with Gasteiger partial charge in [-0.1, -0.05) is 19.3 Å². The van der Waals surface area contributed by atoms with Crippen LogP contribution in [0, 0.1) is 11.3 Å². The smallest absolute Gasteiger partial charge is 0.239 e. The maximum atomic E-state index is 12.4. The SMILES string of the molecule is CN(CC(=O)Nc1sc2c(c1C#N)CCCCC2)C1CCCC1. The van der Waals surface area contributed by atoms with Crippen molar-refractivity contribution >= 4 is 22.2 Å². The van der Waals surface area contributed by atoms with Crippen LogP contribution in [0.15, 0.2) is 0 Å². The fourth-order valence-corrected chi connectivity index (χ4v) is 5.07. The Balaban J connectivity index is 1.67. The molecule has 0 aromatic carbocycles. The number of nitrogens with one attached hydrogen (secondary N) is 1. The summed E-state index contributed by atoms with van der Waals surface area (Å²) in [6.45, 7) is 0.415. The number of nitrogens with zero attached hydrogens (tertiary/aromatic N) is 2. The first-order valence-corrected chi connectivity index (χ1v) is 9.55. The lowest BCUT2D eigenvalue weighted by molar-refractivity contribution is -0.117. The molecule has 1 amide bonds. The van der Waals surface area contributed by atoms with Crippen LogP contribution in [0.1, 0.15) is 60.9 Å². The highest BCUT2D eigenvalue weighted by Gasteiger charge is 2.24. The Morgan fingerprint density at radius 3 is 2.74 bits per heavy atom. The Labute approximate surface area is 142 Å². The summed E-state index contributed by atoms with van der Waals surface area (Å²) in [4.78, 5) is 15.8. The van der Waals surface area contributed by atoms with Crippen LogP contribution >= 0.6 is 11.3 Å². The Bertz CT molecular complexity index is 611. The maximum absolute atomic E-state index is 12.4. The summed E-state index contributed by atoms with van der Waals surface area (Å²) in [7, 11) is 2.03. The zero-order chi connectivity index (χ0) is 16.2. The first kappa shape index (κ1) is 16.5. The first-order chi connectivity index (χ1) is 11.2. The van der Waals surface area contributed by atoms with Gasteiger partial charge in [0.1, 0.15) is 11.1 Å². The van der Waals surface area contributed by atoms with E-state index in [1.807, 2.05) is 7.05 Å². The molecular weight excluding hydrogens is 306 g/mol. The summed E-state index contributed by atoms with van der Waals surface area (Å²) >= 11 is 1.61. The van der Waals surface area contributed by atoms with Crippen molar-refractivity contribution in [3.05, 3.63) is 16.0 Å². The topological polar surface area (TPSA) is 56.1 Å². The van der Waals surface area contributed by atoms with Gasteiger partial charge in [0, 0.05) is 10.9 Å². The highest BCUT2D eigenvalue weighted by molar-refractivity contribution is 7.16. The van der Waals surface area contributed by atoms with Gasteiger partial charge in [-0.15, -0.1) is 11.3 Å². The number of aryl methyl sites for hydroxylation is 1. The standard InChI is InChI=1S/C18H25N3OS/c1-21(13-7-5-6-8-13)12-17(22)20-18-15(11-19)14-9-3-2-4-10-16(14)23-18/h13H,2-10,12H2,1H3,(H,20,22). The van der Waals surface area contributed by atoms with Crippen LogP contribution in [0.25, 0.3) is 0 Å². The molecule has 0 aliphatic heterocycles. The molecule has 1 heterocycles. The Hall–Kier alpha value is -1.38. The van der Waals surface area contributed by atoms with Crippen molar-refractivity contribution in [1.29, 1.82) is 5.26 Å². The van der Waals surface area contributed by atoms with E-state index in [1.54, 1.807) is 11.3 Å². The van der Waals surface area contributed by atoms with Gasteiger partial charge in [0.05, 0.1) is 12.1 Å². The third-order valence-electron chi connectivity index (χ3n) is 5.13. The largest absolute Gasteiger partial charge is 0.315 e. The number of carbonyl (C=O) groups excluding carboxylic acids is 1. The summed E-state index contributed by atoms with van der Waals surface area (Å²) in [5.74, 6) is 0.00677. The average molecular weight is 331 g/mol. The zero-order valence-corrected chi connectivity index (χ0v) is 14.7. The third-order valence-corrected chi connectivity index (χ3v) is 6.33. The number of rotatable bonds is 4. The van der Waals surface area contributed by atoms with Crippen LogP contribution in [0.3, 0.4) is 0 Å². The first-order valence-electron chi connectivity index (χ1n) is 8.73. The second kappa shape index (κ2) is 7.46. The van der Waals surface area contributed by atoms with E-state index >= 15 is 0 Å². The molecule has 23 heavy (non-hydrogen) atoms. The summed E-state index contributed by atoms with van der Waals surface area (Å²) < 4.78 is 0. The minimum atomic E-state index is 0.00677. The molecule has 2 aliphatic rings.